The summed E-state index contributed by atoms with van der Waals surface area (Å²) in [6, 6.07) is -1.02. The van der Waals surface area contributed by atoms with Gasteiger partial charge in [0, 0.05) is 0 Å². The van der Waals surface area contributed by atoms with Gasteiger partial charge in [-0.1, -0.05) is 12.0 Å². The highest BCUT2D eigenvalue weighted by Gasteiger charge is 2.13. The summed E-state index contributed by atoms with van der Waals surface area (Å²) in [5, 5.41) is 11.2. The van der Waals surface area contributed by atoms with Crippen LogP contribution in [0.3, 0.4) is 0 Å². The molecular formula is C8H11NO2. The van der Waals surface area contributed by atoms with Crippen LogP contribution in [0.5, 0.6) is 0 Å². The van der Waals surface area contributed by atoms with Crippen LogP contribution in [0.25, 0.3) is 0 Å². The van der Waals surface area contributed by atoms with Crippen molar-refractivity contribution in [1.82, 2.24) is 5.32 Å². The Morgan fingerprint density at radius 1 is 1.91 bits per heavy atom. The fourth-order valence-corrected chi connectivity index (χ4v) is 0.558. The van der Waals surface area contributed by atoms with Crippen molar-refractivity contribution < 1.29 is 9.90 Å². The molecule has 2 atom stereocenters. The lowest BCUT2D eigenvalue weighted by Crippen LogP contribution is -2.39. The molecule has 0 aromatic carbocycles. The maximum atomic E-state index is 10.4. The Morgan fingerprint density at radius 3 is 2.73 bits per heavy atom. The minimum absolute atomic E-state index is 0.255. The molecule has 0 saturated carbocycles. The Hall–Kier alpha value is -1.27. The first-order chi connectivity index (χ1) is 5.11. The van der Waals surface area contributed by atoms with Crippen LogP contribution in [-0.4, -0.2) is 23.2 Å². The van der Waals surface area contributed by atoms with E-state index in [1.54, 1.807) is 6.92 Å². The van der Waals surface area contributed by atoms with E-state index in [-0.39, 0.29) is 6.04 Å². The van der Waals surface area contributed by atoms with Gasteiger partial charge >= 0.3 is 5.97 Å². The predicted octanol–water partition coefficient (Wildman–Crippen LogP) is 0.237. The van der Waals surface area contributed by atoms with Crippen molar-refractivity contribution in [2.45, 2.75) is 19.0 Å². The molecule has 0 spiro atoms. The first-order valence-electron chi connectivity index (χ1n) is 3.19. The molecule has 3 heteroatoms. The van der Waals surface area contributed by atoms with Crippen molar-refractivity contribution in [2.24, 2.45) is 0 Å². The molecule has 0 amide bonds. The molecule has 2 N–H and O–H groups in total. The minimum atomic E-state index is -0.970. The number of terminal acetylenes is 1. The standard InChI is InChI=1S/C8H11NO2/c1-4-6(3)9-7(5-2)8(10)11/h1,5-7,9H,2H2,3H3,(H,10,11). The van der Waals surface area contributed by atoms with Crippen LogP contribution < -0.4 is 5.32 Å². The monoisotopic (exact) mass is 153 g/mol. The van der Waals surface area contributed by atoms with E-state index in [9.17, 15) is 4.79 Å². The van der Waals surface area contributed by atoms with E-state index in [4.69, 9.17) is 11.5 Å². The van der Waals surface area contributed by atoms with Crippen molar-refractivity contribution in [2.75, 3.05) is 0 Å². The fourth-order valence-electron chi connectivity index (χ4n) is 0.558. The summed E-state index contributed by atoms with van der Waals surface area (Å²) < 4.78 is 0. The van der Waals surface area contributed by atoms with Crippen molar-refractivity contribution in [3.05, 3.63) is 12.7 Å². The lowest BCUT2D eigenvalue weighted by molar-refractivity contribution is -0.138. The largest absolute Gasteiger partial charge is 0.480 e. The molecule has 0 aliphatic rings. The average Bonchev–Trinajstić information content (AvgIpc) is 1.99. The molecule has 0 bridgehead atoms. The van der Waals surface area contributed by atoms with E-state index >= 15 is 0 Å². The van der Waals surface area contributed by atoms with E-state index in [0.29, 0.717) is 0 Å². The van der Waals surface area contributed by atoms with Gasteiger partial charge in [-0.05, 0) is 6.92 Å². The van der Waals surface area contributed by atoms with Gasteiger partial charge in [-0.25, -0.2) is 0 Å². The van der Waals surface area contributed by atoms with Crippen molar-refractivity contribution in [3.63, 3.8) is 0 Å². The Labute approximate surface area is 66.1 Å². The molecule has 0 saturated heterocycles. The SMILES string of the molecule is C#CC(C)NC(C=C)C(=O)O. The van der Waals surface area contributed by atoms with Crippen molar-refractivity contribution >= 4 is 5.97 Å². The molecule has 2 unspecified atom stereocenters. The fraction of sp³-hybridized carbons (Fsp3) is 0.375. The Bertz CT molecular complexity index is 193. The van der Waals surface area contributed by atoms with Gasteiger partial charge in [0.15, 0.2) is 0 Å². The van der Waals surface area contributed by atoms with Gasteiger partial charge < -0.3 is 5.11 Å². The lowest BCUT2D eigenvalue weighted by Gasteiger charge is -2.11. The smallest absolute Gasteiger partial charge is 0.324 e. The third-order valence-electron chi connectivity index (χ3n) is 1.18. The zero-order chi connectivity index (χ0) is 8.85. The Morgan fingerprint density at radius 2 is 2.45 bits per heavy atom. The van der Waals surface area contributed by atoms with Gasteiger partial charge in [-0.3, -0.25) is 10.1 Å². The third-order valence-corrected chi connectivity index (χ3v) is 1.18. The number of carboxylic acids is 1. The molecule has 60 valence electrons. The average molecular weight is 153 g/mol. The maximum Gasteiger partial charge on any atom is 0.324 e. The van der Waals surface area contributed by atoms with Gasteiger partial charge in [0.1, 0.15) is 6.04 Å². The van der Waals surface area contributed by atoms with E-state index in [1.807, 2.05) is 0 Å². The molecule has 0 fully saturated rings. The molecule has 0 aliphatic carbocycles. The second kappa shape index (κ2) is 4.53. The summed E-state index contributed by atoms with van der Waals surface area (Å²) in [7, 11) is 0. The normalized spacial score (nSPS) is 14.5. The number of hydrogen-bond acceptors (Lipinski definition) is 2. The second-order valence-corrected chi connectivity index (χ2v) is 2.11. The van der Waals surface area contributed by atoms with Crippen LogP contribution in [-0.2, 0) is 4.79 Å². The van der Waals surface area contributed by atoms with Crippen LogP contribution in [0.4, 0.5) is 0 Å². The minimum Gasteiger partial charge on any atom is -0.480 e. The molecule has 0 heterocycles. The van der Waals surface area contributed by atoms with Gasteiger partial charge in [0.05, 0.1) is 6.04 Å². The third kappa shape index (κ3) is 3.43. The van der Waals surface area contributed by atoms with E-state index in [2.05, 4.69) is 17.8 Å². The molecule has 0 aromatic rings. The molecule has 0 radical (unpaired) electrons. The number of carbonyl (C=O) groups is 1. The predicted molar refractivity (Wildman–Crippen MR) is 43.1 cm³/mol. The number of rotatable bonds is 4. The van der Waals surface area contributed by atoms with Crippen LogP contribution in [0.2, 0.25) is 0 Å². The molecule has 0 aromatic heterocycles. The van der Waals surface area contributed by atoms with Crippen molar-refractivity contribution in [3.8, 4) is 12.3 Å². The van der Waals surface area contributed by atoms with E-state index in [0.717, 1.165) is 0 Å². The van der Waals surface area contributed by atoms with Crippen LogP contribution in [0.15, 0.2) is 12.7 Å². The topological polar surface area (TPSA) is 49.3 Å². The molecule has 0 rings (SSSR count). The zero-order valence-corrected chi connectivity index (χ0v) is 6.37. The van der Waals surface area contributed by atoms with E-state index < -0.39 is 12.0 Å². The molecule has 3 nitrogen and oxygen atoms in total. The summed E-state index contributed by atoms with van der Waals surface area (Å²) in [4.78, 5) is 10.4. The van der Waals surface area contributed by atoms with Gasteiger partial charge in [-0.15, -0.1) is 13.0 Å². The van der Waals surface area contributed by atoms with Crippen LogP contribution >= 0.6 is 0 Å². The summed E-state index contributed by atoms with van der Waals surface area (Å²) in [5.41, 5.74) is 0. The first kappa shape index (κ1) is 9.73. The highest BCUT2D eigenvalue weighted by molar-refractivity contribution is 5.75. The van der Waals surface area contributed by atoms with Crippen LogP contribution in [0.1, 0.15) is 6.92 Å². The number of carboxylic acid groups (broad SMARTS) is 1. The summed E-state index contributed by atoms with van der Waals surface area (Å²) in [5.74, 6) is 1.39. The Kier molecular flexibility index (Phi) is 4.01. The number of nitrogens with one attached hydrogen (secondary N) is 1. The second-order valence-electron chi connectivity index (χ2n) is 2.11. The lowest BCUT2D eigenvalue weighted by atomic mass is 10.2. The van der Waals surface area contributed by atoms with E-state index in [1.165, 1.54) is 6.08 Å². The van der Waals surface area contributed by atoms with Gasteiger partial charge in [0.25, 0.3) is 0 Å². The summed E-state index contributed by atoms with van der Waals surface area (Å²) in [6.07, 6.45) is 6.34. The number of aliphatic carboxylic acids is 1. The summed E-state index contributed by atoms with van der Waals surface area (Å²) in [6.45, 7) is 5.07. The maximum absolute atomic E-state index is 10.4. The van der Waals surface area contributed by atoms with Crippen molar-refractivity contribution in [1.29, 1.82) is 0 Å². The molecular weight excluding hydrogens is 142 g/mol. The van der Waals surface area contributed by atoms with Gasteiger partial charge in [0.2, 0.25) is 0 Å². The first-order valence-corrected chi connectivity index (χ1v) is 3.19. The van der Waals surface area contributed by atoms with Crippen LogP contribution in [0, 0.1) is 12.3 Å². The highest BCUT2D eigenvalue weighted by atomic mass is 16.4. The molecule has 0 aliphatic heterocycles. The molecule has 11 heavy (non-hydrogen) atoms. The van der Waals surface area contributed by atoms with Gasteiger partial charge in [-0.2, -0.15) is 0 Å². The highest BCUT2D eigenvalue weighted by Crippen LogP contribution is 1.88. The number of hydrogen-bond donors (Lipinski definition) is 2. The Balaban J connectivity index is 4.00. The quantitative estimate of drug-likeness (QED) is 0.449. The zero-order valence-electron chi connectivity index (χ0n) is 6.37. The summed E-state index contributed by atoms with van der Waals surface area (Å²) >= 11 is 0.